The Morgan fingerprint density at radius 3 is 2.33 bits per heavy atom. The number of rotatable bonds is 3. The summed E-state index contributed by atoms with van der Waals surface area (Å²) in [6.07, 6.45) is 15.6. The second kappa shape index (κ2) is 6.68. The van der Waals surface area contributed by atoms with Crippen LogP contribution >= 0.6 is 0 Å². The lowest BCUT2D eigenvalue weighted by atomic mass is 9.79. The molecule has 2 saturated carbocycles. The van der Waals surface area contributed by atoms with Crippen LogP contribution in [-0.4, -0.2) is 28.9 Å². The molecule has 120 valence electrons. The zero-order chi connectivity index (χ0) is 14.7. The van der Waals surface area contributed by atoms with Gasteiger partial charge in [-0.25, -0.2) is 0 Å². The van der Waals surface area contributed by atoms with Crippen molar-refractivity contribution in [1.29, 1.82) is 0 Å². The van der Waals surface area contributed by atoms with Crippen LogP contribution in [0, 0.1) is 5.92 Å². The average Bonchev–Trinajstić information content (AvgIpc) is 2.98. The summed E-state index contributed by atoms with van der Waals surface area (Å²) < 4.78 is 0. The third-order valence-corrected chi connectivity index (χ3v) is 6.17. The van der Waals surface area contributed by atoms with Crippen LogP contribution in [0.15, 0.2) is 0 Å². The highest BCUT2D eigenvalue weighted by molar-refractivity contribution is 5.78. The van der Waals surface area contributed by atoms with Gasteiger partial charge in [0.1, 0.15) is 0 Å². The predicted molar refractivity (Wildman–Crippen MR) is 85.9 cm³/mol. The lowest BCUT2D eigenvalue weighted by Crippen LogP contribution is -2.49. The Labute approximate surface area is 129 Å². The number of nitrogens with zero attached hydrogens (tertiary/aromatic N) is 1. The van der Waals surface area contributed by atoms with Gasteiger partial charge in [-0.05, 0) is 44.4 Å². The molecular weight excluding hydrogens is 260 g/mol. The maximum absolute atomic E-state index is 12.8. The third kappa shape index (κ3) is 3.61. The van der Waals surface area contributed by atoms with E-state index in [-0.39, 0.29) is 5.54 Å². The number of carbonyl (C=O) groups is 1. The number of carbonyl (C=O) groups excluding carboxylic acids is 1. The quantitative estimate of drug-likeness (QED) is 0.863. The molecule has 1 heterocycles. The number of nitrogens with two attached hydrogens (primary N) is 1. The van der Waals surface area contributed by atoms with Crippen molar-refractivity contribution in [3.63, 3.8) is 0 Å². The molecule has 1 aliphatic heterocycles. The van der Waals surface area contributed by atoms with Gasteiger partial charge < -0.3 is 10.6 Å². The molecule has 0 bridgehead atoms. The maximum atomic E-state index is 12.8. The molecule has 0 aromatic rings. The van der Waals surface area contributed by atoms with Gasteiger partial charge in [-0.3, -0.25) is 4.79 Å². The summed E-state index contributed by atoms with van der Waals surface area (Å²) in [5.41, 5.74) is 6.30. The molecule has 21 heavy (non-hydrogen) atoms. The largest absolute Gasteiger partial charge is 0.339 e. The first-order valence-corrected chi connectivity index (χ1v) is 9.26. The van der Waals surface area contributed by atoms with Gasteiger partial charge in [-0.2, -0.15) is 0 Å². The summed E-state index contributed by atoms with van der Waals surface area (Å²) in [5, 5.41) is 0. The SMILES string of the molecule is NC1(CC(=O)N2CCCC2C2CCCCC2)CCCCC1. The smallest absolute Gasteiger partial charge is 0.224 e. The van der Waals surface area contributed by atoms with Gasteiger partial charge >= 0.3 is 0 Å². The number of hydrogen-bond acceptors (Lipinski definition) is 2. The Morgan fingerprint density at radius 2 is 1.62 bits per heavy atom. The van der Waals surface area contributed by atoms with Crippen molar-refractivity contribution in [1.82, 2.24) is 4.90 Å². The van der Waals surface area contributed by atoms with Gasteiger partial charge in [0.05, 0.1) is 0 Å². The van der Waals surface area contributed by atoms with Crippen LogP contribution in [0.3, 0.4) is 0 Å². The fourth-order valence-electron chi connectivity index (χ4n) is 4.95. The van der Waals surface area contributed by atoms with Crippen molar-refractivity contribution < 1.29 is 4.79 Å². The summed E-state index contributed by atoms with van der Waals surface area (Å²) in [7, 11) is 0. The van der Waals surface area contributed by atoms with Gasteiger partial charge in [0.25, 0.3) is 0 Å². The number of likely N-dealkylation sites (tertiary alicyclic amines) is 1. The van der Waals surface area contributed by atoms with Crippen molar-refractivity contribution in [2.24, 2.45) is 11.7 Å². The highest BCUT2D eigenvalue weighted by Crippen LogP contribution is 2.36. The first-order chi connectivity index (χ1) is 10.2. The molecule has 3 nitrogen and oxygen atoms in total. The molecule has 2 aliphatic carbocycles. The maximum Gasteiger partial charge on any atom is 0.224 e. The highest BCUT2D eigenvalue weighted by atomic mass is 16.2. The van der Waals surface area contributed by atoms with E-state index in [0.717, 1.165) is 25.3 Å². The molecule has 3 rings (SSSR count). The lowest BCUT2D eigenvalue weighted by molar-refractivity contribution is -0.134. The zero-order valence-corrected chi connectivity index (χ0v) is 13.5. The van der Waals surface area contributed by atoms with E-state index in [4.69, 9.17) is 5.73 Å². The summed E-state index contributed by atoms with van der Waals surface area (Å²) >= 11 is 0. The predicted octanol–water partition coefficient (Wildman–Crippen LogP) is 3.61. The van der Waals surface area contributed by atoms with Crippen LogP contribution < -0.4 is 5.73 Å². The van der Waals surface area contributed by atoms with Crippen molar-refractivity contribution in [2.45, 2.75) is 95.1 Å². The third-order valence-electron chi connectivity index (χ3n) is 6.17. The fourth-order valence-corrected chi connectivity index (χ4v) is 4.95. The van der Waals surface area contributed by atoms with Crippen LogP contribution in [-0.2, 0) is 4.79 Å². The van der Waals surface area contributed by atoms with Crippen LogP contribution in [0.4, 0.5) is 0 Å². The molecule has 0 spiro atoms. The Kier molecular flexibility index (Phi) is 4.88. The van der Waals surface area contributed by atoms with Crippen molar-refractivity contribution >= 4 is 5.91 Å². The molecule has 1 unspecified atom stereocenters. The first-order valence-electron chi connectivity index (χ1n) is 9.26. The van der Waals surface area contributed by atoms with E-state index in [1.807, 2.05) is 0 Å². The molecule has 0 aromatic heterocycles. The standard InChI is InChI=1S/C18H32N2O/c19-18(11-5-2-6-12-18)14-17(21)20-13-7-10-16(20)15-8-3-1-4-9-15/h15-16H,1-14,19H2. The van der Waals surface area contributed by atoms with Gasteiger partial charge in [-0.15, -0.1) is 0 Å². The van der Waals surface area contributed by atoms with Gasteiger partial charge in [0.15, 0.2) is 0 Å². The fraction of sp³-hybridized carbons (Fsp3) is 0.944. The Balaban J connectivity index is 1.59. The van der Waals surface area contributed by atoms with E-state index >= 15 is 0 Å². The number of amides is 1. The topological polar surface area (TPSA) is 46.3 Å². The van der Waals surface area contributed by atoms with E-state index in [2.05, 4.69) is 4.90 Å². The van der Waals surface area contributed by atoms with E-state index in [0.29, 0.717) is 18.4 Å². The number of hydrogen-bond donors (Lipinski definition) is 1. The van der Waals surface area contributed by atoms with Crippen molar-refractivity contribution in [3.8, 4) is 0 Å². The summed E-state index contributed by atoms with van der Waals surface area (Å²) in [6, 6.07) is 0.532. The van der Waals surface area contributed by atoms with Crippen molar-refractivity contribution in [3.05, 3.63) is 0 Å². The van der Waals surface area contributed by atoms with Gasteiger partial charge in [0, 0.05) is 24.5 Å². The van der Waals surface area contributed by atoms with E-state index in [1.165, 1.54) is 64.2 Å². The van der Waals surface area contributed by atoms with E-state index < -0.39 is 0 Å². The molecule has 3 heteroatoms. The van der Waals surface area contributed by atoms with Crippen LogP contribution in [0.2, 0.25) is 0 Å². The van der Waals surface area contributed by atoms with Crippen LogP contribution in [0.1, 0.15) is 83.5 Å². The molecule has 0 radical (unpaired) electrons. The van der Waals surface area contributed by atoms with Gasteiger partial charge in [-0.1, -0.05) is 38.5 Å². The van der Waals surface area contributed by atoms with E-state index in [9.17, 15) is 4.79 Å². The minimum absolute atomic E-state index is 0.199. The Morgan fingerprint density at radius 1 is 0.952 bits per heavy atom. The Hall–Kier alpha value is -0.570. The minimum atomic E-state index is -0.199. The molecule has 3 aliphatic rings. The molecular formula is C18H32N2O. The summed E-state index contributed by atoms with van der Waals surface area (Å²) in [4.78, 5) is 15.0. The Bertz CT molecular complexity index is 356. The first kappa shape index (κ1) is 15.3. The molecule has 1 amide bonds. The normalized spacial score (nSPS) is 30.5. The molecule has 2 N–H and O–H groups in total. The second-order valence-corrected chi connectivity index (χ2v) is 7.79. The van der Waals surface area contributed by atoms with Gasteiger partial charge in [0.2, 0.25) is 5.91 Å². The minimum Gasteiger partial charge on any atom is -0.339 e. The molecule has 3 fully saturated rings. The zero-order valence-electron chi connectivity index (χ0n) is 13.5. The highest BCUT2D eigenvalue weighted by Gasteiger charge is 2.38. The summed E-state index contributed by atoms with van der Waals surface area (Å²) in [5.74, 6) is 1.12. The van der Waals surface area contributed by atoms with E-state index in [1.54, 1.807) is 0 Å². The summed E-state index contributed by atoms with van der Waals surface area (Å²) in [6.45, 7) is 0.982. The average molecular weight is 292 g/mol. The van der Waals surface area contributed by atoms with Crippen LogP contribution in [0.25, 0.3) is 0 Å². The van der Waals surface area contributed by atoms with Crippen LogP contribution in [0.5, 0.6) is 0 Å². The monoisotopic (exact) mass is 292 g/mol. The molecule has 1 atom stereocenters. The second-order valence-electron chi connectivity index (χ2n) is 7.79. The van der Waals surface area contributed by atoms with Crippen molar-refractivity contribution in [2.75, 3.05) is 6.54 Å². The molecule has 0 aromatic carbocycles. The lowest BCUT2D eigenvalue weighted by Gasteiger charge is -2.38. The molecule has 1 saturated heterocycles.